The molecule has 1 heterocycles. The number of carboxylic acids is 1. The molecule has 1 aromatic heterocycles. The number of fused-ring (bicyclic) bond motifs is 1. The maximum Gasteiger partial charge on any atom is 0.340 e. The molecule has 3 N–H and O–H groups in total. The average molecular weight is 354 g/mol. The van der Waals surface area contributed by atoms with Gasteiger partial charge in [0.15, 0.2) is 11.5 Å². The predicted molar refractivity (Wildman–Crippen MR) is 98.2 cm³/mol. The van der Waals surface area contributed by atoms with Crippen LogP contribution in [0, 0.1) is 0 Å². The number of nitrogens with zero attached hydrogens (tertiary/aromatic N) is 1. The summed E-state index contributed by atoms with van der Waals surface area (Å²) < 4.78 is 16.2. The molecule has 3 rings (SSSR count). The Morgan fingerprint density at radius 2 is 1.65 bits per heavy atom. The molecule has 3 aromatic rings. The minimum absolute atomic E-state index is 0.0997. The zero-order valence-electron chi connectivity index (χ0n) is 14.6. The van der Waals surface area contributed by atoms with Crippen LogP contribution in [0.5, 0.6) is 17.2 Å². The number of nitrogen functional groups attached to an aromatic ring is 1. The van der Waals surface area contributed by atoms with Crippen LogP contribution >= 0.6 is 0 Å². The molecule has 0 aliphatic heterocycles. The Balaban J connectivity index is 2.53. The highest BCUT2D eigenvalue weighted by Crippen LogP contribution is 2.44. The molecule has 0 saturated heterocycles. The summed E-state index contributed by atoms with van der Waals surface area (Å²) in [5.74, 6) is 0.100. The first-order valence-electron chi connectivity index (χ1n) is 7.74. The highest BCUT2D eigenvalue weighted by molar-refractivity contribution is 6.11. The van der Waals surface area contributed by atoms with E-state index in [2.05, 4.69) is 4.98 Å². The Kier molecular flexibility index (Phi) is 4.53. The van der Waals surface area contributed by atoms with Crippen LogP contribution in [0.25, 0.3) is 22.0 Å². The Morgan fingerprint density at radius 3 is 2.27 bits per heavy atom. The number of methoxy groups -OCH3 is 3. The topological polar surface area (TPSA) is 104 Å². The van der Waals surface area contributed by atoms with Crippen LogP contribution in [0.1, 0.15) is 10.4 Å². The zero-order valence-corrected chi connectivity index (χ0v) is 14.6. The predicted octanol–water partition coefficient (Wildman–Crippen LogP) is 3.21. The molecule has 0 amide bonds. The molecule has 0 bridgehead atoms. The van der Waals surface area contributed by atoms with Gasteiger partial charge in [-0.3, -0.25) is 0 Å². The molecule has 134 valence electrons. The molecule has 0 unspecified atom stereocenters. The van der Waals surface area contributed by atoms with E-state index in [9.17, 15) is 9.90 Å². The number of nitrogens with two attached hydrogens (primary N) is 1. The van der Waals surface area contributed by atoms with Gasteiger partial charge in [0, 0.05) is 16.5 Å². The van der Waals surface area contributed by atoms with Crippen molar-refractivity contribution in [2.45, 2.75) is 0 Å². The van der Waals surface area contributed by atoms with Crippen LogP contribution < -0.4 is 19.9 Å². The summed E-state index contributed by atoms with van der Waals surface area (Å²) in [5.41, 5.74) is 7.30. The minimum Gasteiger partial charge on any atom is -0.494 e. The first-order valence-corrected chi connectivity index (χ1v) is 7.74. The number of aromatic carboxylic acids is 1. The number of pyridine rings is 1. The van der Waals surface area contributed by atoms with Crippen molar-refractivity contribution in [1.82, 2.24) is 4.98 Å². The number of carboxylic acid groups (broad SMARTS) is 1. The van der Waals surface area contributed by atoms with Gasteiger partial charge in [-0.05, 0) is 12.1 Å². The van der Waals surface area contributed by atoms with E-state index < -0.39 is 5.97 Å². The average Bonchev–Trinajstić information content (AvgIpc) is 2.65. The van der Waals surface area contributed by atoms with Crippen molar-refractivity contribution in [2.24, 2.45) is 0 Å². The summed E-state index contributed by atoms with van der Waals surface area (Å²) in [6.45, 7) is 0. The highest BCUT2D eigenvalue weighted by Gasteiger charge is 2.25. The summed E-state index contributed by atoms with van der Waals surface area (Å²) >= 11 is 0. The maximum atomic E-state index is 11.9. The zero-order chi connectivity index (χ0) is 18.8. The molecule has 0 aliphatic carbocycles. The van der Waals surface area contributed by atoms with Crippen LogP contribution in [-0.4, -0.2) is 37.4 Å². The number of hydrogen-bond donors (Lipinski definition) is 2. The summed E-state index contributed by atoms with van der Waals surface area (Å²) in [5, 5.41) is 10.3. The van der Waals surface area contributed by atoms with Crippen molar-refractivity contribution < 1.29 is 24.1 Å². The summed E-state index contributed by atoms with van der Waals surface area (Å²) in [6, 6.07) is 10.5. The fraction of sp³-hybridized carbons (Fsp3) is 0.158. The molecule has 26 heavy (non-hydrogen) atoms. The number of rotatable bonds is 5. The van der Waals surface area contributed by atoms with Gasteiger partial charge in [-0.2, -0.15) is 0 Å². The van der Waals surface area contributed by atoms with Gasteiger partial charge in [-0.25, -0.2) is 9.78 Å². The number of para-hydroxylation sites is 2. The lowest BCUT2D eigenvalue weighted by molar-refractivity contribution is 0.0698. The maximum absolute atomic E-state index is 11.9. The van der Waals surface area contributed by atoms with Crippen LogP contribution in [0.4, 0.5) is 5.82 Å². The van der Waals surface area contributed by atoms with E-state index in [0.29, 0.717) is 39.3 Å². The van der Waals surface area contributed by atoms with E-state index >= 15 is 0 Å². The summed E-state index contributed by atoms with van der Waals surface area (Å²) in [6.07, 6.45) is 0. The van der Waals surface area contributed by atoms with Gasteiger partial charge in [0.25, 0.3) is 0 Å². The summed E-state index contributed by atoms with van der Waals surface area (Å²) in [7, 11) is 4.53. The second kappa shape index (κ2) is 6.79. The normalized spacial score (nSPS) is 10.6. The molecule has 2 aromatic carbocycles. The van der Waals surface area contributed by atoms with Gasteiger partial charge < -0.3 is 25.1 Å². The third kappa shape index (κ3) is 2.63. The standard InChI is InChI=1S/C19H18N2O5/c1-24-12-8-4-6-10-14(15(19(22)23)18(20)21-16(10)12)11-7-5-9-13(25-2)17(11)26-3/h4-9H,1-3H3,(H2,20,21)(H,22,23). The molecular weight excluding hydrogens is 336 g/mol. The van der Waals surface area contributed by atoms with E-state index in [1.165, 1.54) is 21.3 Å². The van der Waals surface area contributed by atoms with Gasteiger partial charge in [0.05, 0.1) is 21.3 Å². The van der Waals surface area contributed by atoms with Crippen molar-refractivity contribution in [1.29, 1.82) is 0 Å². The monoisotopic (exact) mass is 354 g/mol. The molecule has 0 saturated carbocycles. The third-order valence-electron chi connectivity index (χ3n) is 4.11. The second-order valence-corrected chi connectivity index (χ2v) is 5.45. The number of benzene rings is 2. The van der Waals surface area contributed by atoms with Crippen molar-refractivity contribution in [2.75, 3.05) is 27.1 Å². The van der Waals surface area contributed by atoms with E-state index in [0.717, 1.165) is 0 Å². The lowest BCUT2D eigenvalue weighted by Gasteiger charge is -2.18. The van der Waals surface area contributed by atoms with Crippen molar-refractivity contribution in [3.63, 3.8) is 0 Å². The fourth-order valence-electron chi connectivity index (χ4n) is 3.02. The Labute approximate surface area is 149 Å². The van der Waals surface area contributed by atoms with E-state index in [1.807, 2.05) is 0 Å². The SMILES string of the molecule is COc1cccc(-c2c(C(=O)O)c(N)nc3c(OC)cccc23)c1OC. The number of anilines is 1. The molecule has 0 radical (unpaired) electrons. The number of ether oxygens (including phenoxy) is 3. The summed E-state index contributed by atoms with van der Waals surface area (Å²) in [4.78, 5) is 16.2. The fourth-order valence-corrected chi connectivity index (χ4v) is 3.02. The quantitative estimate of drug-likeness (QED) is 0.725. The Hall–Kier alpha value is -3.48. The van der Waals surface area contributed by atoms with Gasteiger partial charge in [-0.1, -0.05) is 24.3 Å². The smallest absolute Gasteiger partial charge is 0.340 e. The number of aromatic nitrogens is 1. The molecule has 7 heteroatoms. The van der Waals surface area contributed by atoms with Crippen molar-refractivity contribution in [3.8, 4) is 28.4 Å². The van der Waals surface area contributed by atoms with Gasteiger partial charge >= 0.3 is 5.97 Å². The number of carbonyl (C=O) groups is 1. The lowest BCUT2D eigenvalue weighted by Crippen LogP contribution is -2.09. The van der Waals surface area contributed by atoms with E-state index in [-0.39, 0.29) is 11.4 Å². The Morgan fingerprint density at radius 1 is 1.00 bits per heavy atom. The molecular formula is C19H18N2O5. The van der Waals surface area contributed by atoms with Crippen LogP contribution in [0.3, 0.4) is 0 Å². The van der Waals surface area contributed by atoms with E-state index in [1.54, 1.807) is 36.4 Å². The van der Waals surface area contributed by atoms with Gasteiger partial charge in [0.2, 0.25) is 0 Å². The molecule has 0 fully saturated rings. The molecule has 0 aliphatic rings. The molecule has 0 atom stereocenters. The van der Waals surface area contributed by atoms with Crippen molar-refractivity contribution >= 4 is 22.7 Å². The lowest BCUT2D eigenvalue weighted by atomic mass is 9.94. The van der Waals surface area contributed by atoms with Crippen LogP contribution in [0.2, 0.25) is 0 Å². The molecule has 7 nitrogen and oxygen atoms in total. The van der Waals surface area contributed by atoms with Crippen molar-refractivity contribution in [3.05, 3.63) is 42.0 Å². The second-order valence-electron chi connectivity index (χ2n) is 5.45. The van der Waals surface area contributed by atoms with Crippen LogP contribution in [-0.2, 0) is 0 Å². The molecule has 0 spiro atoms. The van der Waals surface area contributed by atoms with Gasteiger partial charge in [0.1, 0.15) is 22.6 Å². The minimum atomic E-state index is -1.18. The van der Waals surface area contributed by atoms with Crippen LogP contribution in [0.15, 0.2) is 36.4 Å². The largest absolute Gasteiger partial charge is 0.494 e. The number of hydrogen-bond acceptors (Lipinski definition) is 6. The Bertz CT molecular complexity index is 1000. The van der Waals surface area contributed by atoms with Gasteiger partial charge in [-0.15, -0.1) is 0 Å². The van der Waals surface area contributed by atoms with E-state index in [4.69, 9.17) is 19.9 Å². The third-order valence-corrected chi connectivity index (χ3v) is 4.11. The first kappa shape index (κ1) is 17.3. The highest BCUT2D eigenvalue weighted by atomic mass is 16.5. The first-order chi connectivity index (χ1) is 12.5.